The van der Waals surface area contributed by atoms with Crippen LogP contribution in [0.25, 0.3) is 11.0 Å². The number of amides is 1. The summed E-state index contributed by atoms with van der Waals surface area (Å²) in [5.74, 6) is 0.727. The van der Waals surface area contributed by atoms with E-state index in [1.165, 1.54) is 0 Å². The maximum atomic E-state index is 12.4. The number of aryl methyl sites for hydroxylation is 1. The number of aromatic nitrogens is 3. The van der Waals surface area contributed by atoms with Crippen LogP contribution in [0, 0.1) is 0 Å². The predicted octanol–water partition coefficient (Wildman–Crippen LogP) is 1.57. The highest BCUT2D eigenvalue weighted by Gasteiger charge is 2.24. The molecule has 1 amide bonds. The molecular weight excluding hydrogens is 350 g/mol. The van der Waals surface area contributed by atoms with Gasteiger partial charge in [-0.05, 0) is 24.6 Å². The molecule has 0 aliphatic carbocycles. The van der Waals surface area contributed by atoms with E-state index in [1.807, 2.05) is 35.2 Å². The maximum Gasteiger partial charge on any atom is 0.251 e. The van der Waals surface area contributed by atoms with Gasteiger partial charge in [0.1, 0.15) is 0 Å². The molecule has 0 unspecified atom stereocenters. The minimum absolute atomic E-state index is 0.104. The second-order valence-electron chi connectivity index (χ2n) is 6.49. The molecule has 2 N–H and O–H groups in total. The molecule has 1 atom stereocenters. The Bertz CT molecular complexity index is 921. The third-order valence-electron chi connectivity index (χ3n) is 4.67. The van der Waals surface area contributed by atoms with Gasteiger partial charge in [0.25, 0.3) is 5.91 Å². The molecule has 1 aliphatic heterocycles. The van der Waals surface area contributed by atoms with Gasteiger partial charge in [0.2, 0.25) is 5.95 Å². The van der Waals surface area contributed by atoms with Crippen molar-refractivity contribution in [1.82, 2.24) is 19.9 Å². The van der Waals surface area contributed by atoms with Crippen molar-refractivity contribution in [2.24, 2.45) is 7.05 Å². The van der Waals surface area contributed by atoms with Crippen molar-refractivity contribution in [1.29, 1.82) is 0 Å². The normalized spacial score (nSPS) is 17.2. The first-order valence-corrected chi connectivity index (χ1v) is 9.56. The fourth-order valence-corrected chi connectivity index (χ4v) is 3.92. The number of aliphatic hydroxyl groups excluding tert-OH is 1. The first kappa shape index (κ1) is 17.0. The lowest BCUT2D eigenvalue weighted by atomic mass is 10.2. The monoisotopic (exact) mass is 371 g/mol. The zero-order valence-corrected chi connectivity index (χ0v) is 15.4. The molecule has 2 aromatic heterocycles. The van der Waals surface area contributed by atoms with Crippen LogP contribution in [0.5, 0.6) is 0 Å². The van der Waals surface area contributed by atoms with Gasteiger partial charge in [-0.2, -0.15) is 0 Å². The smallest absolute Gasteiger partial charge is 0.251 e. The average molecular weight is 371 g/mol. The number of carbonyl (C=O) groups excluding carboxylic acids is 1. The van der Waals surface area contributed by atoms with E-state index < -0.39 is 0 Å². The van der Waals surface area contributed by atoms with E-state index in [1.54, 1.807) is 17.5 Å². The fourth-order valence-electron chi connectivity index (χ4n) is 3.30. The van der Waals surface area contributed by atoms with Crippen LogP contribution in [0.15, 0.2) is 29.8 Å². The number of thiazole rings is 1. The molecule has 1 aromatic carbocycles. The molecule has 3 aromatic rings. The van der Waals surface area contributed by atoms with Gasteiger partial charge in [0, 0.05) is 50.2 Å². The zero-order chi connectivity index (χ0) is 18.1. The number of nitrogens with one attached hydrogen (secondary N) is 1. The summed E-state index contributed by atoms with van der Waals surface area (Å²) in [6.07, 6.45) is 2.97. The Morgan fingerprint density at radius 1 is 1.46 bits per heavy atom. The molecule has 7 nitrogen and oxygen atoms in total. The minimum atomic E-state index is -0.297. The van der Waals surface area contributed by atoms with Crippen molar-refractivity contribution in [3.63, 3.8) is 0 Å². The highest BCUT2D eigenvalue weighted by molar-refractivity contribution is 7.09. The third kappa shape index (κ3) is 3.30. The summed E-state index contributed by atoms with van der Waals surface area (Å²) in [7, 11) is 1.96. The number of fused-ring (bicyclic) bond motifs is 1. The van der Waals surface area contributed by atoms with E-state index in [4.69, 9.17) is 0 Å². The maximum absolute atomic E-state index is 12.4. The Hall–Kier alpha value is -2.45. The number of anilines is 1. The van der Waals surface area contributed by atoms with Crippen LogP contribution >= 0.6 is 11.3 Å². The van der Waals surface area contributed by atoms with Gasteiger partial charge in [-0.25, -0.2) is 9.97 Å². The molecule has 0 radical (unpaired) electrons. The highest BCUT2D eigenvalue weighted by atomic mass is 32.1. The van der Waals surface area contributed by atoms with E-state index in [0.717, 1.165) is 41.4 Å². The molecule has 3 heterocycles. The van der Waals surface area contributed by atoms with Crippen LogP contribution in [0.3, 0.4) is 0 Å². The summed E-state index contributed by atoms with van der Waals surface area (Å²) in [6.45, 7) is 1.95. The van der Waals surface area contributed by atoms with Gasteiger partial charge in [-0.15, -0.1) is 11.3 Å². The molecule has 26 heavy (non-hydrogen) atoms. The highest BCUT2D eigenvalue weighted by Crippen LogP contribution is 2.25. The van der Waals surface area contributed by atoms with Crippen LogP contribution < -0.4 is 10.2 Å². The van der Waals surface area contributed by atoms with E-state index in [-0.39, 0.29) is 12.0 Å². The summed E-state index contributed by atoms with van der Waals surface area (Å²) in [5.41, 5.74) is 2.36. The van der Waals surface area contributed by atoms with Crippen LogP contribution in [0.1, 0.15) is 21.8 Å². The molecule has 136 valence electrons. The van der Waals surface area contributed by atoms with Crippen LogP contribution in [0.2, 0.25) is 0 Å². The number of hydrogen-bond donors (Lipinski definition) is 2. The Morgan fingerprint density at radius 2 is 2.35 bits per heavy atom. The van der Waals surface area contributed by atoms with Gasteiger partial charge in [0.05, 0.1) is 22.1 Å². The predicted molar refractivity (Wildman–Crippen MR) is 102 cm³/mol. The molecular formula is C18H21N5O2S. The summed E-state index contributed by atoms with van der Waals surface area (Å²) in [4.78, 5) is 23.4. The molecule has 8 heteroatoms. The van der Waals surface area contributed by atoms with Crippen LogP contribution in [-0.4, -0.2) is 51.3 Å². The quantitative estimate of drug-likeness (QED) is 0.711. The van der Waals surface area contributed by atoms with Gasteiger partial charge in [-0.3, -0.25) is 4.79 Å². The molecule has 4 rings (SSSR count). The van der Waals surface area contributed by atoms with Gasteiger partial charge in [0.15, 0.2) is 0 Å². The molecule has 1 aliphatic rings. The van der Waals surface area contributed by atoms with Crippen molar-refractivity contribution in [3.05, 3.63) is 40.3 Å². The zero-order valence-electron chi connectivity index (χ0n) is 14.6. The van der Waals surface area contributed by atoms with Gasteiger partial charge >= 0.3 is 0 Å². The molecule has 0 bridgehead atoms. The molecule has 1 saturated heterocycles. The lowest BCUT2D eigenvalue weighted by Crippen LogP contribution is -2.25. The Kier molecular flexibility index (Phi) is 4.60. The second-order valence-corrected chi connectivity index (χ2v) is 7.47. The first-order valence-electron chi connectivity index (χ1n) is 8.68. The topological polar surface area (TPSA) is 83.3 Å². The summed E-state index contributed by atoms with van der Waals surface area (Å²) in [6, 6.07) is 5.57. The summed E-state index contributed by atoms with van der Waals surface area (Å²) in [5, 5.41) is 15.6. The number of imidazole rings is 1. The first-order chi connectivity index (χ1) is 12.6. The Morgan fingerprint density at radius 3 is 3.08 bits per heavy atom. The van der Waals surface area contributed by atoms with Crippen LogP contribution in [0.4, 0.5) is 5.95 Å². The van der Waals surface area contributed by atoms with E-state index in [2.05, 4.69) is 20.2 Å². The van der Waals surface area contributed by atoms with Crippen molar-refractivity contribution in [2.45, 2.75) is 18.9 Å². The van der Waals surface area contributed by atoms with Crippen molar-refractivity contribution in [3.8, 4) is 0 Å². The number of β-amino-alcohol motifs (C(OH)–C–C–N with tert-alkyl or cyclic N) is 1. The summed E-state index contributed by atoms with van der Waals surface area (Å²) < 4.78 is 2.01. The van der Waals surface area contributed by atoms with Gasteiger partial charge < -0.3 is 19.9 Å². The lowest BCUT2D eigenvalue weighted by molar-refractivity contribution is 0.0954. The Labute approximate surface area is 155 Å². The second kappa shape index (κ2) is 7.05. The third-order valence-corrected chi connectivity index (χ3v) is 5.51. The molecule has 0 saturated carbocycles. The average Bonchev–Trinajstić information content (AvgIpc) is 3.36. The minimum Gasteiger partial charge on any atom is -0.391 e. The number of carbonyl (C=O) groups is 1. The van der Waals surface area contributed by atoms with Crippen LogP contribution in [-0.2, 0) is 13.5 Å². The van der Waals surface area contributed by atoms with Gasteiger partial charge in [-0.1, -0.05) is 0 Å². The largest absolute Gasteiger partial charge is 0.391 e. The van der Waals surface area contributed by atoms with E-state index in [0.29, 0.717) is 18.7 Å². The van der Waals surface area contributed by atoms with E-state index in [9.17, 15) is 9.90 Å². The fraction of sp³-hybridized carbons (Fsp3) is 0.389. The Balaban J connectivity index is 1.49. The number of benzene rings is 1. The number of aliphatic hydroxyl groups is 1. The lowest BCUT2D eigenvalue weighted by Gasteiger charge is -2.16. The number of rotatable bonds is 5. The SMILES string of the molecule is Cn1c(N2CC[C@H](O)C2)nc2cc(C(=O)NCCc3nccs3)ccc21. The standard InChI is InChI=1S/C18H21N5O2S/c1-22-15-3-2-12(17(25)20-6-4-16-19-7-9-26-16)10-14(15)21-18(22)23-8-5-13(24)11-23/h2-3,7,9-10,13,24H,4-6,8,11H2,1H3,(H,20,25)/t13-/m0/s1. The van der Waals surface area contributed by atoms with Crippen molar-refractivity contribution in [2.75, 3.05) is 24.5 Å². The molecule has 1 fully saturated rings. The van der Waals surface area contributed by atoms with Crippen molar-refractivity contribution >= 4 is 34.2 Å². The van der Waals surface area contributed by atoms with E-state index >= 15 is 0 Å². The van der Waals surface area contributed by atoms with Crippen molar-refractivity contribution < 1.29 is 9.90 Å². The molecule has 0 spiro atoms. The summed E-state index contributed by atoms with van der Waals surface area (Å²) >= 11 is 1.59. The number of nitrogens with zero attached hydrogens (tertiary/aromatic N) is 4. The number of hydrogen-bond acceptors (Lipinski definition) is 6.